The molecule has 1 aromatic heterocycles. The van der Waals surface area contributed by atoms with E-state index in [2.05, 4.69) is 10.4 Å². The van der Waals surface area contributed by atoms with E-state index < -0.39 is 0 Å². The van der Waals surface area contributed by atoms with Crippen LogP contribution < -0.4 is 10.1 Å². The Morgan fingerprint density at radius 1 is 1.13 bits per heavy atom. The van der Waals surface area contributed by atoms with Crippen LogP contribution in [0.4, 0.5) is 5.69 Å². The molecule has 4 rings (SSSR count). The number of aromatic nitrogens is 2. The van der Waals surface area contributed by atoms with Crippen LogP contribution in [0, 0.1) is 0 Å². The highest BCUT2D eigenvalue weighted by Gasteiger charge is 2.40. The fraction of sp³-hybridized carbons (Fsp3) is 0.500. The van der Waals surface area contributed by atoms with Crippen LogP contribution in [-0.4, -0.2) is 52.9 Å². The second-order valence-electron chi connectivity index (χ2n) is 8.00. The molecule has 1 aromatic carbocycles. The van der Waals surface area contributed by atoms with Crippen LogP contribution in [0.15, 0.2) is 30.5 Å². The number of nitrogens with zero attached hydrogens (tertiary/aromatic N) is 3. The van der Waals surface area contributed by atoms with Gasteiger partial charge < -0.3 is 19.7 Å². The van der Waals surface area contributed by atoms with Gasteiger partial charge in [0.25, 0.3) is 5.91 Å². The van der Waals surface area contributed by atoms with Crippen molar-refractivity contribution >= 4 is 17.5 Å². The van der Waals surface area contributed by atoms with Crippen molar-refractivity contribution in [1.82, 2.24) is 14.7 Å². The highest BCUT2D eigenvalue weighted by molar-refractivity contribution is 6.05. The molecule has 1 N–H and O–H groups in total. The number of hydrogen-bond donors (Lipinski definition) is 1. The number of aryl methyl sites for hydroxylation is 1. The van der Waals surface area contributed by atoms with Crippen LogP contribution in [0.1, 0.15) is 48.2 Å². The van der Waals surface area contributed by atoms with E-state index in [0.717, 1.165) is 37.1 Å². The summed E-state index contributed by atoms with van der Waals surface area (Å²) in [5, 5.41) is 7.30. The van der Waals surface area contributed by atoms with Crippen LogP contribution >= 0.6 is 0 Å². The molecule has 0 radical (unpaired) electrons. The Bertz CT molecular complexity index is 912. The molecule has 0 bridgehead atoms. The quantitative estimate of drug-likeness (QED) is 0.789. The standard InChI is InChI=1S/C22H28N4O4/c1-29-17-7-5-16(6-8-17)24-21(28)18-14-23-26-12-4-11-25(15-19(18)26)20(27)13-22(30-2)9-3-10-22/h5-8,14H,3-4,9-13,15H2,1-2H3,(H,24,28). The average molecular weight is 412 g/mol. The normalized spacial score (nSPS) is 17.5. The predicted molar refractivity (Wildman–Crippen MR) is 111 cm³/mol. The molecule has 2 aromatic rings. The molecule has 8 nitrogen and oxygen atoms in total. The van der Waals surface area contributed by atoms with Crippen molar-refractivity contribution in [3.63, 3.8) is 0 Å². The van der Waals surface area contributed by atoms with Crippen LogP contribution in [0.3, 0.4) is 0 Å². The van der Waals surface area contributed by atoms with Crippen molar-refractivity contribution in [1.29, 1.82) is 0 Å². The Hall–Kier alpha value is -2.87. The molecule has 2 aliphatic rings. The molecule has 1 aliphatic heterocycles. The third kappa shape index (κ3) is 4.05. The first-order chi connectivity index (χ1) is 14.5. The fourth-order valence-corrected chi connectivity index (χ4v) is 4.13. The van der Waals surface area contributed by atoms with Gasteiger partial charge in [0, 0.05) is 25.9 Å². The summed E-state index contributed by atoms with van der Waals surface area (Å²) in [5.74, 6) is 0.567. The van der Waals surface area contributed by atoms with Crippen LogP contribution in [0.2, 0.25) is 0 Å². The van der Waals surface area contributed by atoms with Crippen molar-refractivity contribution in [3.8, 4) is 5.75 Å². The Morgan fingerprint density at radius 2 is 1.90 bits per heavy atom. The summed E-state index contributed by atoms with van der Waals surface area (Å²) in [6.07, 6.45) is 5.74. The maximum absolute atomic E-state index is 13.0. The van der Waals surface area contributed by atoms with E-state index >= 15 is 0 Å². The molecule has 2 amide bonds. The van der Waals surface area contributed by atoms with Crippen molar-refractivity contribution < 1.29 is 19.1 Å². The summed E-state index contributed by atoms with van der Waals surface area (Å²) in [5.41, 5.74) is 1.63. The van der Waals surface area contributed by atoms with Gasteiger partial charge in [0.05, 0.1) is 43.1 Å². The summed E-state index contributed by atoms with van der Waals surface area (Å²) in [4.78, 5) is 27.7. The first kappa shape index (κ1) is 20.4. The topological polar surface area (TPSA) is 85.7 Å². The SMILES string of the molecule is COc1ccc(NC(=O)c2cnn3c2CN(C(=O)CC2(OC)CCC2)CCC3)cc1. The van der Waals surface area contributed by atoms with E-state index in [4.69, 9.17) is 9.47 Å². The number of anilines is 1. The number of carbonyl (C=O) groups is 2. The molecule has 1 fully saturated rings. The minimum atomic E-state index is -0.307. The van der Waals surface area contributed by atoms with Gasteiger partial charge in [-0.15, -0.1) is 0 Å². The monoisotopic (exact) mass is 412 g/mol. The summed E-state index contributed by atoms with van der Waals surface area (Å²) in [6.45, 7) is 1.72. The summed E-state index contributed by atoms with van der Waals surface area (Å²) in [7, 11) is 3.29. The molecule has 30 heavy (non-hydrogen) atoms. The van der Waals surface area contributed by atoms with E-state index in [9.17, 15) is 9.59 Å². The third-order valence-corrected chi connectivity index (χ3v) is 6.20. The lowest BCUT2D eigenvalue weighted by Gasteiger charge is -2.41. The third-order valence-electron chi connectivity index (χ3n) is 6.20. The van der Waals surface area contributed by atoms with Crippen molar-refractivity contribution in [2.45, 2.75) is 50.8 Å². The molecule has 1 aliphatic carbocycles. The highest BCUT2D eigenvalue weighted by Crippen LogP contribution is 2.38. The Morgan fingerprint density at radius 3 is 2.53 bits per heavy atom. The van der Waals surface area contributed by atoms with Gasteiger partial charge in [0.1, 0.15) is 5.75 Å². The van der Waals surface area contributed by atoms with E-state index in [1.54, 1.807) is 44.7 Å². The Labute approximate surface area is 176 Å². The van der Waals surface area contributed by atoms with Crippen LogP contribution in [0.25, 0.3) is 0 Å². The maximum atomic E-state index is 13.0. The Kier molecular flexibility index (Phi) is 5.76. The molecule has 0 saturated heterocycles. The number of methoxy groups -OCH3 is 2. The van der Waals surface area contributed by atoms with Gasteiger partial charge in [-0.1, -0.05) is 0 Å². The molecule has 8 heteroatoms. The van der Waals surface area contributed by atoms with Gasteiger partial charge in [0.2, 0.25) is 5.91 Å². The number of hydrogen-bond acceptors (Lipinski definition) is 5. The molecule has 0 unspecified atom stereocenters. The smallest absolute Gasteiger partial charge is 0.259 e. The molecule has 160 valence electrons. The minimum absolute atomic E-state index is 0.0766. The van der Waals surface area contributed by atoms with Crippen LogP contribution in [0.5, 0.6) is 5.75 Å². The molecule has 2 heterocycles. The van der Waals surface area contributed by atoms with Crippen molar-refractivity contribution in [2.75, 3.05) is 26.1 Å². The molecule has 0 spiro atoms. The molecule has 0 atom stereocenters. The lowest BCUT2D eigenvalue weighted by molar-refractivity contribution is -0.144. The average Bonchev–Trinajstić information content (AvgIpc) is 3.01. The summed E-state index contributed by atoms with van der Waals surface area (Å²) < 4.78 is 12.6. The second kappa shape index (κ2) is 8.47. The van der Waals surface area contributed by atoms with Gasteiger partial charge in [-0.2, -0.15) is 5.10 Å². The number of carbonyl (C=O) groups excluding carboxylic acids is 2. The van der Waals surface area contributed by atoms with Gasteiger partial charge in [-0.05, 0) is 49.9 Å². The molecule has 1 saturated carbocycles. The van der Waals surface area contributed by atoms with Gasteiger partial charge >= 0.3 is 0 Å². The summed E-state index contributed by atoms with van der Waals surface area (Å²) >= 11 is 0. The number of benzene rings is 1. The van der Waals surface area contributed by atoms with E-state index in [1.165, 1.54) is 0 Å². The predicted octanol–water partition coefficient (Wildman–Crippen LogP) is 2.84. The number of fused-ring (bicyclic) bond motifs is 1. The van der Waals surface area contributed by atoms with E-state index in [-0.39, 0.29) is 17.4 Å². The van der Waals surface area contributed by atoms with Gasteiger partial charge in [0.15, 0.2) is 0 Å². The van der Waals surface area contributed by atoms with Crippen molar-refractivity contribution in [2.24, 2.45) is 0 Å². The second-order valence-corrected chi connectivity index (χ2v) is 8.00. The van der Waals surface area contributed by atoms with Crippen molar-refractivity contribution in [3.05, 3.63) is 41.7 Å². The largest absolute Gasteiger partial charge is 0.497 e. The van der Waals surface area contributed by atoms with E-state index in [1.807, 2.05) is 9.58 Å². The number of nitrogens with one attached hydrogen (secondary N) is 1. The number of rotatable bonds is 6. The first-order valence-corrected chi connectivity index (χ1v) is 10.4. The number of ether oxygens (including phenoxy) is 2. The lowest BCUT2D eigenvalue weighted by atomic mass is 9.77. The Balaban J connectivity index is 1.48. The zero-order chi connectivity index (χ0) is 21.1. The first-order valence-electron chi connectivity index (χ1n) is 10.4. The summed E-state index contributed by atoms with van der Waals surface area (Å²) in [6, 6.07) is 7.16. The van der Waals surface area contributed by atoms with Crippen LogP contribution in [-0.2, 0) is 22.6 Å². The van der Waals surface area contributed by atoms with Gasteiger partial charge in [-0.3, -0.25) is 14.3 Å². The lowest BCUT2D eigenvalue weighted by Crippen LogP contribution is -2.45. The minimum Gasteiger partial charge on any atom is -0.497 e. The molecular weight excluding hydrogens is 384 g/mol. The fourth-order valence-electron chi connectivity index (χ4n) is 4.13. The molecular formula is C22H28N4O4. The maximum Gasteiger partial charge on any atom is 0.259 e. The zero-order valence-corrected chi connectivity index (χ0v) is 17.5. The number of amides is 2. The van der Waals surface area contributed by atoms with Gasteiger partial charge in [-0.25, -0.2) is 0 Å². The van der Waals surface area contributed by atoms with E-state index in [0.29, 0.717) is 37.3 Å². The highest BCUT2D eigenvalue weighted by atomic mass is 16.5. The zero-order valence-electron chi connectivity index (χ0n) is 17.5.